The minimum absolute atomic E-state index is 0.116. The van der Waals surface area contributed by atoms with E-state index in [-0.39, 0.29) is 23.3 Å². The summed E-state index contributed by atoms with van der Waals surface area (Å²) in [6, 6.07) is 23.1. The first-order chi connectivity index (χ1) is 12.2. The SMILES string of the molecule is O=C(CSCC(=O)Nc1ccc2ccccc2c1)Nc1ccccc1. The predicted molar refractivity (Wildman–Crippen MR) is 105 cm³/mol. The van der Waals surface area contributed by atoms with Gasteiger partial charge in [-0.3, -0.25) is 9.59 Å². The van der Waals surface area contributed by atoms with Crippen LogP contribution >= 0.6 is 11.8 Å². The van der Waals surface area contributed by atoms with Crippen molar-refractivity contribution in [2.45, 2.75) is 0 Å². The van der Waals surface area contributed by atoms with Crippen LogP contribution in [0.25, 0.3) is 10.8 Å². The molecule has 0 heterocycles. The Bertz CT molecular complexity index is 881. The van der Waals surface area contributed by atoms with Crippen molar-refractivity contribution in [3.8, 4) is 0 Å². The van der Waals surface area contributed by atoms with Crippen molar-refractivity contribution in [1.29, 1.82) is 0 Å². The van der Waals surface area contributed by atoms with Crippen molar-refractivity contribution < 1.29 is 9.59 Å². The third-order valence-electron chi connectivity index (χ3n) is 3.56. The van der Waals surface area contributed by atoms with E-state index in [9.17, 15) is 9.59 Å². The number of anilines is 2. The minimum atomic E-state index is -0.118. The van der Waals surface area contributed by atoms with Crippen LogP contribution in [0.4, 0.5) is 11.4 Å². The van der Waals surface area contributed by atoms with Gasteiger partial charge >= 0.3 is 0 Å². The van der Waals surface area contributed by atoms with Gasteiger partial charge in [0.05, 0.1) is 11.5 Å². The maximum atomic E-state index is 12.0. The summed E-state index contributed by atoms with van der Waals surface area (Å²) in [5.74, 6) is 0.234. The molecule has 0 aliphatic heterocycles. The summed E-state index contributed by atoms with van der Waals surface area (Å²) in [4.78, 5) is 23.9. The highest BCUT2D eigenvalue weighted by Crippen LogP contribution is 2.19. The molecule has 0 aliphatic rings. The zero-order chi connectivity index (χ0) is 17.5. The largest absolute Gasteiger partial charge is 0.325 e. The highest BCUT2D eigenvalue weighted by molar-refractivity contribution is 8.00. The number of nitrogens with one attached hydrogen (secondary N) is 2. The summed E-state index contributed by atoms with van der Waals surface area (Å²) in [6.07, 6.45) is 0. The van der Waals surface area contributed by atoms with E-state index in [2.05, 4.69) is 10.6 Å². The molecule has 0 spiro atoms. The van der Waals surface area contributed by atoms with Gasteiger partial charge in [0.2, 0.25) is 11.8 Å². The molecule has 2 amide bonds. The molecule has 5 heteroatoms. The molecule has 0 bridgehead atoms. The van der Waals surface area contributed by atoms with Crippen LogP contribution in [0.15, 0.2) is 72.8 Å². The summed E-state index contributed by atoms with van der Waals surface area (Å²) >= 11 is 1.29. The highest BCUT2D eigenvalue weighted by Gasteiger charge is 2.07. The van der Waals surface area contributed by atoms with E-state index in [0.717, 1.165) is 22.1 Å². The van der Waals surface area contributed by atoms with Crippen LogP contribution in [0.3, 0.4) is 0 Å². The lowest BCUT2D eigenvalue weighted by atomic mass is 10.1. The fourth-order valence-electron chi connectivity index (χ4n) is 2.42. The van der Waals surface area contributed by atoms with Crippen molar-refractivity contribution in [1.82, 2.24) is 0 Å². The third-order valence-corrected chi connectivity index (χ3v) is 4.49. The van der Waals surface area contributed by atoms with E-state index in [0.29, 0.717) is 0 Å². The number of carbonyl (C=O) groups excluding carboxylic acids is 2. The van der Waals surface area contributed by atoms with E-state index in [1.807, 2.05) is 72.8 Å². The van der Waals surface area contributed by atoms with Crippen LogP contribution in [0.1, 0.15) is 0 Å². The van der Waals surface area contributed by atoms with E-state index in [1.54, 1.807) is 0 Å². The summed E-state index contributed by atoms with van der Waals surface area (Å²) < 4.78 is 0. The lowest BCUT2D eigenvalue weighted by molar-refractivity contribution is -0.114. The van der Waals surface area contributed by atoms with Crippen molar-refractivity contribution in [3.63, 3.8) is 0 Å². The normalized spacial score (nSPS) is 10.4. The first kappa shape index (κ1) is 17.0. The Morgan fingerprint density at radius 2 is 1.28 bits per heavy atom. The molecule has 0 aromatic heterocycles. The van der Waals surface area contributed by atoms with Gasteiger partial charge in [-0.15, -0.1) is 11.8 Å². The highest BCUT2D eigenvalue weighted by atomic mass is 32.2. The molecular formula is C20H18N2O2S. The summed E-state index contributed by atoms with van der Waals surface area (Å²) in [5, 5.41) is 7.87. The molecule has 3 rings (SSSR count). The van der Waals surface area contributed by atoms with Gasteiger partial charge in [0, 0.05) is 11.4 Å². The van der Waals surface area contributed by atoms with Crippen LogP contribution < -0.4 is 10.6 Å². The standard InChI is InChI=1S/C20H18N2O2S/c23-19(21-17-8-2-1-3-9-17)13-25-14-20(24)22-18-11-10-15-6-4-5-7-16(15)12-18/h1-12H,13-14H2,(H,21,23)(H,22,24). The average Bonchev–Trinajstić information content (AvgIpc) is 2.62. The van der Waals surface area contributed by atoms with Crippen LogP contribution in [0.5, 0.6) is 0 Å². The molecule has 0 aliphatic carbocycles. The number of fused-ring (bicyclic) bond motifs is 1. The molecule has 2 N–H and O–H groups in total. The van der Waals surface area contributed by atoms with Crippen molar-refractivity contribution in [2.24, 2.45) is 0 Å². The van der Waals surface area contributed by atoms with Gasteiger partial charge in [0.15, 0.2) is 0 Å². The van der Waals surface area contributed by atoms with Gasteiger partial charge < -0.3 is 10.6 Å². The molecular weight excluding hydrogens is 332 g/mol. The first-order valence-electron chi connectivity index (χ1n) is 7.92. The van der Waals surface area contributed by atoms with E-state index < -0.39 is 0 Å². The zero-order valence-electron chi connectivity index (χ0n) is 13.6. The number of rotatable bonds is 6. The molecule has 0 radical (unpaired) electrons. The lowest BCUT2D eigenvalue weighted by Crippen LogP contribution is -2.18. The molecule has 25 heavy (non-hydrogen) atoms. The quantitative estimate of drug-likeness (QED) is 0.702. The number of benzene rings is 3. The van der Waals surface area contributed by atoms with Gasteiger partial charge in [-0.1, -0.05) is 48.5 Å². The van der Waals surface area contributed by atoms with E-state index >= 15 is 0 Å². The van der Waals surface area contributed by atoms with Crippen LogP contribution in [0, 0.1) is 0 Å². The van der Waals surface area contributed by atoms with E-state index in [4.69, 9.17) is 0 Å². The third kappa shape index (κ3) is 5.09. The Morgan fingerprint density at radius 1 is 0.680 bits per heavy atom. The lowest BCUT2D eigenvalue weighted by Gasteiger charge is -2.07. The predicted octanol–water partition coefficient (Wildman–Crippen LogP) is 4.15. The number of thioether (sulfide) groups is 1. The maximum Gasteiger partial charge on any atom is 0.234 e. The van der Waals surface area contributed by atoms with Crippen molar-refractivity contribution >= 4 is 45.7 Å². The van der Waals surface area contributed by atoms with Crippen molar-refractivity contribution in [3.05, 3.63) is 72.8 Å². The molecule has 126 valence electrons. The summed E-state index contributed by atoms with van der Waals surface area (Å²) in [5.41, 5.74) is 1.52. The molecule has 0 unspecified atom stereocenters. The first-order valence-corrected chi connectivity index (χ1v) is 9.07. The topological polar surface area (TPSA) is 58.2 Å². The monoisotopic (exact) mass is 350 g/mol. The molecule has 0 atom stereocenters. The van der Waals surface area contributed by atoms with Crippen LogP contribution in [-0.4, -0.2) is 23.3 Å². The molecule has 0 saturated carbocycles. The second-order valence-electron chi connectivity index (χ2n) is 5.52. The Hall–Kier alpha value is -2.79. The van der Waals surface area contributed by atoms with Gasteiger partial charge in [-0.25, -0.2) is 0 Å². The Morgan fingerprint density at radius 3 is 2.00 bits per heavy atom. The molecule has 3 aromatic carbocycles. The number of amides is 2. The van der Waals surface area contributed by atoms with Gasteiger partial charge in [0.1, 0.15) is 0 Å². The Kier molecular flexibility index (Phi) is 5.69. The number of hydrogen-bond acceptors (Lipinski definition) is 3. The molecule has 3 aromatic rings. The Balaban J connectivity index is 1.45. The summed E-state index contributed by atoms with van der Waals surface area (Å²) in [7, 11) is 0. The average molecular weight is 350 g/mol. The number of carbonyl (C=O) groups is 2. The fourth-order valence-corrected chi connectivity index (χ4v) is 3.04. The summed E-state index contributed by atoms with van der Waals surface area (Å²) in [6.45, 7) is 0. The second-order valence-corrected chi connectivity index (χ2v) is 6.50. The van der Waals surface area contributed by atoms with Gasteiger partial charge in [-0.2, -0.15) is 0 Å². The smallest absolute Gasteiger partial charge is 0.234 e. The van der Waals surface area contributed by atoms with Crippen molar-refractivity contribution in [2.75, 3.05) is 22.1 Å². The van der Waals surface area contributed by atoms with Crippen LogP contribution in [0.2, 0.25) is 0 Å². The van der Waals surface area contributed by atoms with Gasteiger partial charge in [0.25, 0.3) is 0 Å². The van der Waals surface area contributed by atoms with E-state index in [1.165, 1.54) is 11.8 Å². The second kappa shape index (κ2) is 8.35. The minimum Gasteiger partial charge on any atom is -0.325 e. The Labute approximate surface area is 150 Å². The molecule has 4 nitrogen and oxygen atoms in total. The zero-order valence-corrected chi connectivity index (χ0v) is 14.4. The number of hydrogen-bond donors (Lipinski definition) is 2. The molecule has 0 saturated heterocycles. The van der Waals surface area contributed by atoms with Gasteiger partial charge in [-0.05, 0) is 35.0 Å². The molecule has 0 fully saturated rings. The fraction of sp³-hybridized carbons (Fsp3) is 0.100. The maximum absolute atomic E-state index is 12.0. The number of para-hydroxylation sites is 1. The van der Waals surface area contributed by atoms with Crippen LogP contribution in [-0.2, 0) is 9.59 Å².